The van der Waals surface area contributed by atoms with E-state index in [1.165, 1.54) is 38.9 Å². The highest BCUT2D eigenvalue weighted by Crippen LogP contribution is 2.30. The topological polar surface area (TPSA) is 12.9 Å². The predicted molar refractivity (Wildman–Crippen MR) is 110 cm³/mol. The zero-order chi connectivity index (χ0) is 17.8. The summed E-state index contributed by atoms with van der Waals surface area (Å²) in [5, 5.41) is 0. The minimum Gasteiger partial charge on any atom is -0.265 e. The molecule has 4 rings (SSSR count). The fraction of sp³-hybridized carbons (Fsp3) is 0.0800. The molecule has 0 atom stereocenters. The zero-order valence-corrected chi connectivity index (χ0v) is 14.9. The van der Waals surface area contributed by atoms with Gasteiger partial charge in [-0.2, -0.15) is 0 Å². The fourth-order valence-electron chi connectivity index (χ4n) is 3.26. The monoisotopic (exact) mass is 335 g/mol. The summed E-state index contributed by atoms with van der Waals surface area (Å²) < 4.78 is 0. The van der Waals surface area contributed by atoms with Crippen molar-refractivity contribution in [2.45, 2.75) is 13.3 Å². The Kier molecular flexibility index (Phi) is 4.61. The predicted octanol–water partition coefficient (Wildman–Crippen LogP) is 6.65. The Hall–Kier alpha value is -3.19. The van der Waals surface area contributed by atoms with Crippen LogP contribution in [0.3, 0.4) is 0 Å². The molecule has 0 aliphatic heterocycles. The Morgan fingerprint density at radius 3 is 1.62 bits per heavy atom. The van der Waals surface area contributed by atoms with Crippen molar-refractivity contribution in [3.63, 3.8) is 0 Å². The van der Waals surface area contributed by atoms with Crippen LogP contribution in [0, 0.1) is 0 Å². The van der Waals surface area contributed by atoms with Crippen LogP contribution in [-0.4, -0.2) is 4.98 Å². The van der Waals surface area contributed by atoms with Crippen LogP contribution in [0.15, 0.2) is 97.3 Å². The Labute approximate surface area is 155 Å². The minimum absolute atomic E-state index is 1.02. The number of hydrogen-bond donors (Lipinski definition) is 0. The number of hydrogen-bond acceptors (Lipinski definition) is 1. The van der Waals surface area contributed by atoms with Gasteiger partial charge in [-0.3, -0.25) is 4.98 Å². The van der Waals surface area contributed by atoms with Gasteiger partial charge in [0.1, 0.15) is 0 Å². The maximum atomic E-state index is 4.13. The molecule has 0 aliphatic carbocycles. The van der Waals surface area contributed by atoms with Gasteiger partial charge in [-0.15, -0.1) is 0 Å². The zero-order valence-electron chi connectivity index (χ0n) is 14.9. The van der Waals surface area contributed by atoms with Gasteiger partial charge in [0.2, 0.25) is 0 Å². The third-order valence-corrected chi connectivity index (χ3v) is 4.74. The Balaban J connectivity index is 1.73. The molecule has 126 valence electrons. The molecule has 0 saturated carbocycles. The molecule has 0 amide bonds. The van der Waals surface area contributed by atoms with E-state index < -0.39 is 0 Å². The standard InChI is InChI=1S/C25H21N/c1-2-19-16-24(18-25(17-19)23-12-14-26-15-13-23)22-10-8-21(9-11-22)20-6-4-3-5-7-20/h3-18H,2H2,1H3. The molecule has 1 aromatic heterocycles. The molecular weight excluding hydrogens is 314 g/mol. The normalized spacial score (nSPS) is 10.7. The highest BCUT2D eigenvalue weighted by molar-refractivity contribution is 5.76. The van der Waals surface area contributed by atoms with E-state index >= 15 is 0 Å². The summed E-state index contributed by atoms with van der Waals surface area (Å²) in [7, 11) is 0. The van der Waals surface area contributed by atoms with Crippen molar-refractivity contribution in [2.75, 3.05) is 0 Å². The summed E-state index contributed by atoms with van der Waals surface area (Å²) in [4.78, 5) is 4.13. The van der Waals surface area contributed by atoms with E-state index in [4.69, 9.17) is 0 Å². The van der Waals surface area contributed by atoms with Crippen LogP contribution in [0.4, 0.5) is 0 Å². The average molecular weight is 335 g/mol. The van der Waals surface area contributed by atoms with Gasteiger partial charge in [0.25, 0.3) is 0 Å². The van der Waals surface area contributed by atoms with Crippen LogP contribution in [0.5, 0.6) is 0 Å². The number of benzene rings is 3. The second-order valence-electron chi connectivity index (χ2n) is 6.45. The highest BCUT2D eigenvalue weighted by atomic mass is 14.6. The van der Waals surface area contributed by atoms with E-state index in [9.17, 15) is 0 Å². The average Bonchev–Trinajstić information content (AvgIpc) is 2.75. The first kappa shape index (κ1) is 16.3. The third-order valence-electron chi connectivity index (χ3n) is 4.74. The van der Waals surface area contributed by atoms with E-state index in [0.29, 0.717) is 0 Å². The molecule has 1 heteroatoms. The van der Waals surface area contributed by atoms with Crippen molar-refractivity contribution < 1.29 is 0 Å². The maximum Gasteiger partial charge on any atom is 0.0273 e. The smallest absolute Gasteiger partial charge is 0.0273 e. The maximum absolute atomic E-state index is 4.13. The van der Waals surface area contributed by atoms with Gasteiger partial charge in [0, 0.05) is 12.4 Å². The van der Waals surface area contributed by atoms with Crippen LogP contribution in [0.2, 0.25) is 0 Å². The lowest BCUT2D eigenvalue weighted by molar-refractivity contribution is 1.14. The molecule has 0 unspecified atom stereocenters. The number of aryl methyl sites for hydroxylation is 1. The molecule has 1 heterocycles. The first-order valence-electron chi connectivity index (χ1n) is 9.04. The SMILES string of the molecule is CCc1cc(-c2ccncc2)cc(-c2ccc(-c3ccccc3)cc2)c1. The molecule has 26 heavy (non-hydrogen) atoms. The van der Waals surface area contributed by atoms with Crippen LogP contribution in [0.25, 0.3) is 33.4 Å². The molecule has 0 radical (unpaired) electrons. The van der Waals surface area contributed by atoms with Crippen molar-refractivity contribution in [2.24, 2.45) is 0 Å². The molecule has 0 N–H and O–H groups in total. The van der Waals surface area contributed by atoms with Gasteiger partial charge in [0.15, 0.2) is 0 Å². The minimum atomic E-state index is 1.02. The van der Waals surface area contributed by atoms with E-state index in [2.05, 4.69) is 96.8 Å². The second-order valence-corrected chi connectivity index (χ2v) is 6.45. The van der Waals surface area contributed by atoms with Gasteiger partial charge < -0.3 is 0 Å². The molecule has 0 bridgehead atoms. The van der Waals surface area contributed by atoms with E-state index in [0.717, 1.165) is 6.42 Å². The first-order valence-corrected chi connectivity index (χ1v) is 9.04. The number of pyridine rings is 1. The second kappa shape index (κ2) is 7.37. The number of rotatable bonds is 4. The lowest BCUT2D eigenvalue weighted by atomic mass is 9.94. The largest absolute Gasteiger partial charge is 0.265 e. The van der Waals surface area contributed by atoms with Crippen molar-refractivity contribution in [1.29, 1.82) is 0 Å². The molecule has 0 spiro atoms. The summed E-state index contributed by atoms with van der Waals surface area (Å²) in [6, 6.07) is 30.3. The molecule has 1 nitrogen and oxygen atoms in total. The van der Waals surface area contributed by atoms with Crippen molar-refractivity contribution >= 4 is 0 Å². The van der Waals surface area contributed by atoms with Crippen molar-refractivity contribution in [1.82, 2.24) is 4.98 Å². The first-order chi connectivity index (χ1) is 12.8. The highest BCUT2D eigenvalue weighted by Gasteiger charge is 2.06. The lowest BCUT2D eigenvalue weighted by Crippen LogP contribution is -1.88. The van der Waals surface area contributed by atoms with Crippen LogP contribution >= 0.6 is 0 Å². The van der Waals surface area contributed by atoms with Gasteiger partial charge >= 0.3 is 0 Å². The van der Waals surface area contributed by atoms with Crippen molar-refractivity contribution in [3.8, 4) is 33.4 Å². The molecule has 0 fully saturated rings. The van der Waals surface area contributed by atoms with E-state index in [-0.39, 0.29) is 0 Å². The van der Waals surface area contributed by atoms with E-state index in [1.807, 2.05) is 12.4 Å². The summed E-state index contributed by atoms with van der Waals surface area (Å²) in [5.41, 5.74) is 8.80. The molecule has 0 aliphatic rings. The third kappa shape index (κ3) is 3.43. The Morgan fingerprint density at radius 2 is 1.04 bits per heavy atom. The van der Waals surface area contributed by atoms with Gasteiger partial charge in [-0.25, -0.2) is 0 Å². The summed E-state index contributed by atoms with van der Waals surface area (Å²) in [6.07, 6.45) is 4.72. The Bertz CT molecular complexity index is 987. The van der Waals surface area contributed by atoms with Gasteiger partial charge in [-0.05, 0) is 63.6 Å². The van der Waals surface area contributed by atoms with Crippen LogP contribution < -0.4 is 0 Å². The summed E-state index contributed by atoms with van der Waals surface area (Å²) in [6.45, 7) is 2.20. The van der Waals surface area contributed by atoms with Gasteiger partial charge in [-0.1, -0.05) is 73.7 Å². The lowest BCUT2D eigenvalue weighted by Gasteiger charge is -2.10. The summed E-state index contributed by atoms with van der Waals surface area (Å²) in [5.74, 6) is 0. The fourth-order valence-corrected chi connectivity index (χ4v) is 3.26. The quantitative estimate of drug-likeness (QED) is 0.407. The summed E-state index contributed by atoms with van der Waals surface area (Å²) >= 11 is 0. The number of aromatic nitrogens is 1. The molecule has 4 aromatic rings. The van der Waals surface area contributed by atoms with Crippen molar-refractivity contribution in [3.05, 3.63) is 103 Å². The molecule has 0 saturated heterocycles. The molecular formula is C25H21N. The van der Waals surface area contributed by atoms with E-state index in [1.54, 1.807) is 0 Å². The molecule has 3 aromatic carbocycles. The van der Waals surface area contributed by atoms with Crippen LogP contribution in [-0.2, 0) is 6.42 Å². The Morgan fingerprint density at radius 1 is 0.538 bits per heavy atom. The number of nitrogens with zero attached hydrogens (tertiary/aromatic N) is 1. The van der Waals surface area contributed by atoms with Crippen LogP contribution in [0.1, 0.15) is 12.5 Å². The van der Waals surface area contributed by atoms with Gasteiger partial charge in [0.05, 0.1) is 0 Å².